The van der Waals surface area contributed by atoms with Crippen LogP contribution in [0.1, 0.15) is 361 Å². The molecule has 0 aromatic rings. The van der Waals surface area contributed by atoms with Gasteiger partial charge in [0.25, 0.3) is 0 Å². The zero-order valence-corrected chi connectivity index (χ0v) is 47.4. The van der Waals surface area contributed by atoms with Gasteiger partial charge < -0.3 is 25.4 Å². The first-order valence-electron chi connectivity index (χ1n) is 31.9. The summed E-state index contributed by atoms with van der Waals surface area (Å²) in [6.07, 6.45) is 65.8. The molecule has 0 fully saturated rings. The minimum atomic E-state index is -1.14. The van der Waals surface area contributed by atoms with Crippen molar-refractivity contribution in [1.82, 2.24) is 5.32 Å². The van der Waals surface area contributed by atoms with E-state index in [0.717, 1.165) is 51.4 Å². The second kappa shape index (κ2) is 58.7. The van der Waals surface area contributed by atoms with Gasteiger partial charge in [-0.05, 0) is 25.7 Å². The number of carbonyl (C=O) groups is 2. The number of unbranched alkanes of at least 4 members (excludes halogenated alkanes) is 48. The number of ether oxygens (including phenoxy) is 1. The number of carbonyl (C=O) groups excluding carboxylic acids is 2. The highest BCUT2D eigenvalue weighted by Crippen LogP contribution is 2.19. The number of amides is 1. The number of hydrogen-bond acceptors (Lipinski definition) is 6. The predicted molar refractivity (Wildman–Crippen MR) is 303 cm³/mol. The average molecular weight is 993 g/mol. The van der Waals surface area contributed by atoms with Crippen LogP contribution in [0.15, 0.2) is 0 Å². The number of esters is 1. The first-order chi connectivity index (χ1) is 34.5. The third-order valence-electron chi connectivity index (χ3n) is 15.2. The van der Waals surface area contributed by atoms with Crippen molar-refractivity contribution in [3.8, 4) is 0 Å². The summed E-state index contributed by atoms with van der Waals surface area (Å²) in [5.74, 6) is -0.129. The maximum atomic E-state index is 12.5. The van der Waals surface area contributed by atoms with Crippen LogP contribution in [-0.2, 0) is 14.3 Å². The Labute approximate surface area is 437 Å². The fourth-order valence-electron chi connectivity index (χ4n) is 10.3. The first kappa shape index (κ1) is 68.8. The van der Waals surface area contributed by atoms with E-state index < -0.39 is 18.2 Å². The van der Waals surface area contributed by atoms with Gasteiger partial charge in [0.1, 0.15) is 6.10 Å². The van der Waals surface area contributed by atoms with Crippen molar-refractivity contribution in [1.29, 1.82) is 0 Å². The van der Waals surface area contributed by atoms with Crippen molar-refractivity contribution in [2.75, 3.05) is 13.2 Å². The van der Waals surface area contributed by atoms with Crippen molar-refractivity contribution in [2.45, 2.75) is 379 Å². The fourth-order valence-corrected chi connectivity index (χ4v) is 10.3. The van der Waals surface area contributed by atoms with Crippen LogP contribution in [0.2, 0.25) is 0 Å². The van der Waals surface area contributed by atoms with E-state index in [1.807, 2.05) is 0 Å². The topological polar surface area (TPSA) is 116 Å². The van der Waals surface area contributed by atoms with Gasteiger partial charge in [-0.2, -0.15) is 0 Å². The molecule has 70 heavy (non-hydrogen) atoms. The molecule has 0 saturated carbocycles. The third-order valence-corrected chi connectivity index (χ3v) is 15.2. The fraction of sp³-hybridized carbons (Fsp3) is 0.968. The van der Waals surface area contributed by atoms with Crippen LogP contribution in [0.3, 0.4) is 0 Å². The van der Waals surface area contributed by atoms with Crippen molar-refractivity contribution in [3.63, 3.8) is 0 Å². The smallest absolute Gasteiger partial charge is 0.305 e. The van der Waals surface area contributed by atoms with Crippen LogP contribution in [0.5, 0.6) is 0 Å². The molecule has 0 aliphatic carbocycles. The number of nitrogens with one attached hydrogen (secondary N) is 1. The lowest BCUT2D eigenvalue weighted by Gasteiger charge is -2.26. The summed E-state index contributed by atoms with van der Waals surface area (Å²) < 4.78 is 5.49. The molecule has 1 amide bonds. The summed E-state index contributed by atoms with van der Waals surface area (Å²) in [5, 5.41) is 33.7. The molecule has 0 bridgehead atoms. The van der Waals surface area contributed by atoms with Gasteiger partial charge in [0.15, 0.2) is 0 Å². The Hall–Kier alpha value is -1.18. The number of aliphatic hydroxyl groups excluding tert-OH is 3. The summed E-state index contributed by atoms with van der Waals surface area (Å²) in [4.78, 5) is 24.6. The van der Waals surface area contributed by atoms with Crippen LogP contribution >= 0.6 is 0 Å². The molecular formula is C63H125NO6. The van der Waals surface area contributed by atoms with Crippen molar-refractivity contribution >= 4 is 11.9 Å². The molecule has 0 unspecified atom stereocenters. The Bertz CT molecular complexity index is 1020. The summed E-state index contributed by atoms with van der Waals surface area (Å²) in [6.45, 7) is 4.79. The van der Waals surface area contributed by atoms with Gasteiger partial charge in [0, 0.05) is 12.8 Å². The molecule has 4 N–H and O–H groups in total. The van der Waals surface area contributed by atoms with E-state index in [-0.39, 0.29) is 18.5 Å². The summed E-state index contributed by atoms with van der Waals surface area (Å²) in [5.41, 5.74) is 0. The van der Waals surface area contributed by atoms with E-state index in [2.05, 4.69) is 19.2 Å². The highest BCUT2D eigenvalue weighted by atomic mass is 16.5. The van der Waals surface area contributed by atoms with Crippen LogP contribution in [0.25, 0.3) is 0 Å². The number of hydrogen-bond donors (Lipinski definition) is 4. The van der Waals surface area contributed by atoms with E-state index in [1.54, 1.807) is 0 Å². The van der Waals surface area contributed by atoms with E-state index in [1.165, 1.54) is 276 Å². The van der Waals surface area contributed by atoms with Crippen molar-refractivity contribution in [2.24, 2.45) is 0 Å². The van der Waals surface area contributed by atoms with Crippen molar-refractivity contribution in [3.05, 3.63) is 0 Å². The standard InChI is InChI=1S/C63H125NO6/c1-3-5-7-9-11-13-15-17-28-32-36-40-44-48-52-56-62(68)70-57-53-49-45-41-37-33-30-27-25-23-21-19-18-20-22-24-26-29-31-35-39-43-47-51-55-61(67)64-59(58-65)63(69)60(66)54-50-46-42-38-34-16-14-12-10-8-6-4-2/h59-60,63,65-66,69H,3-58H2,1-2H3,(H,64,67)/t59-,60-,63-/m0/s1. The van der Waals surface area contributed by atoms with Gasteiger partial charge in [-0.1, -0.05) is 322 Å². The molecule has 0 aromatic carbocycles. The molecule has 0 rings (SSSR count). The minimum Gasteiger partial charge on any atom is -0.466 e. The van der Waals surface area contributed by atoms with E-state index in [4.69, 9.17) is 4.74 Å². The molecule has 0 aliphatic heterocycles. The van der Waals surface area contributed by atoms with Gasteiger partial charge in [0.05, 0.1) is 25.4 Å². The Morgan fingerprint density at radius 1 is 0.357 bits per heavy atom. The first-order valence-corrected chi connectivity index (χ1v) is 31.9. The largest absolute Gasteiger partial charge is 0.466 e. The van der Waals surface area contributed by atoms with E-state index >= 15 is 0 Å². The monoisotopic (exact) mass is 992 g/mol. The maximum Gasteiger partial charge on any atom is 0.305 e. The predicted octanol–water partition coefficient (Wildman–Crippen LogP) is 18.8. The zero-order valence-electron chi connectivity index (χ0n) is 47.4. The summed E-state index contributed by atoms with van der Waals surface area (Å²) >= 11 is 0. The zero-order chi connectivity index (χ0) is 50.9. The van der Waals surface area contributed by atoms with Crippen LogP contribution in [0.4, 0.5) is 0 Å². The lowest BCUT2D eigenvalue weighted by molar-refractivity contribution is -0.143. The highest BCUT2D eigenvalue weighted by molar-refractivity contribution is 5.76. The van der Waals surface area contributed by atoms with Crippen LogP contribution in [0, 0.1) is 0 Å². The molecule has 0 spiro atoms. The molecule has 3 atom stereocenters. The Balaban J connectivity index is 3.38. The SMILES string of the molecule is CCCCCCCCCCCCCCCCCC(=O)OCCCCCCCCCCCCCCCCCCCCCCCCCCC(=O)N[C@@H](CO)[C@H](O)[C@@H](O)CCCCCCCCCCCCCC. The molecule has 0 aliphatic rings. The molecular weight excluding hydrogens is 867 g/mol. The van der Waals surface area contributed by atoms with E-state index in [0.29, 0.717) is 25.9 Å². The van der Waals surface area contributed by atoms with Gasteiger partial charge in [-0.25, -0.2) is 0 Å². The molecule has 0 radical (unpaired) electrons. The maximum absolute atomic E-state index is 12.5. The van der Waals surface area contributed by atoms with Crippen molar-refractivity contribution < 1.29 is 29.6 Å². The molecule has 7 nitrogen and oxygen atoms in total. The Morgan fingerprint density at radius 3 is 0.914 bits per heavy atom. The lowest BCUT2D eigenvalue weighted by Crippen LogP contribution is -2.50. The second-order valence-electron chi connectivity index (χ2n) is 22.2. The Kier molecular flexibility index (Phi) is 57.7. The average Bonchev–Trinajstić information content (AvgIpc) is 3.36. The number of rotatable bonds is 60. The quantitative estimate of drug-likeness (QED) is 0.0356. The van der Waals surface area contributed by atoms with Gasteiger partial charge in [-0.3, -0.25) is 9.59 Å². The van der Waals surface area contributed by atoms with Crippen LogP contribution in [-0.4, -0.2) is 58.7 Å². The van der Waals surface area contributed by atoms with E-state index in [9.17, 15) is 24.9 Å². The van der Waals surface area contributed by atoms with Crippen LogP contribution < -0.4 is 5.32 Å². The lowest BCUT2D eigenvalue weighted by atomic mass is 9.99. The van der Waals surface area contributed by atoms with Gasteiger partial charge in [-0.15, -0.1) is 0 Å². The highest BCUT2D eigenvalue weighted by Gasteiger charge is 2.26. The Morgan fingerprint density at radius 2 is 0.614 bits per heavy atom. The summed E-state index contributed by atoms with van der Waals surface area (Å²) in [6, 6.07) is -0.811. The van der Waals surface area contributed by atoms with Gasteiger partial charge >= 0.3 is 5.97 Å². The second-order valence-corrected chi connectivity index (χ2v) is 22.2. The van der Waals surface area contributed by atoms with Gasteiger partial charge in [0.2, 0.25) is 5.91 Å². The molecule has 418 valence electrons. The molecule has 7 heteroatoms. The minimum absolute atomic E-state index is 0.0157. The summed E-state index contributed by atoms with van der Waals surface area (Å²) in [7, 11) is 0. The normalized spacial score (nSPS) is 12.9. The molecule has 0 aromatic heterocycles. The molecule has 0 heterocycles. The molecule has 0 saturated heterocycles. The third kappa shape index (κ3) is 53.1. The number of aliphatic hydroxyl groups is 3.